The van der Waals surface area contributed by atoms with E-state index in [2.05, 4.69) is 16.6 Å². The highest BCUT2D eigenvalue weighted by Gasteiger charge is 2.34. The predicted molar refractivity (Wildman–Crippen MR) is 137 cm³/mol. The smallest absolute Gasteiger partial charge is 0.261 e. The molecule has 186 valence electrons. The normalized spacial score (nSPS) is 18.7. The van der Waals surface area contributed by atoms with Gasteiger partial charge in [-0.05, 0) is 73.6 Å². The maximum atomic E-state index is 13.0. The number of hydrogen-bond acceptors (Lipinski definition) is 4. The van der Waals surface area contributed by atoms with Gasteiger partial charge in [0, 0.05) is 24.3 Å². The molecule has 1 aliphatic heterocycles. The molecule has 1 saturated carbocycles. The minimum absolute atomic E-state index is 0.186. The SMILES string of the molecule is C=CCNC(=O)C1CCCN1C(=O)c1ccc(NS(=O)(=O)c2ccc(C3CCCCC3)cc2)cc1. The average Bonchev–Trinajstić information content (AvgIpc) is 3.38. The maximum absolute atomic E-state index is 13.0. The van der Waals surface area contributed by atoms with Crippen molar-refractivity contribution in [1.82, 2.24) is 10.2 Å². The van der Waals surface area contributed by atoms with E-state index in [1.54, 1.807) is 47.4 Å². The van der Waals surface area contributed by atoms with Crippen molar-refractivity contribution in [3.63, 3.8) is 0 Å². The summed E-state index contributed by atoms with van der Waals surface area (Å²) < 4.78 is 28.4. The van der Waals surface area contributed by atoms with Gasteiger partial charge in [0.05, 0.1) is 4.90 Å². The Labute approximate surface area is 207 Å². The molecule has 1 saturated heterocycles. The van der Waals surface area contributed by atoms with E-state index in [9.17, 15) is 18.0 Å². The highest BCUT2D eigenvalue weighted by Crippen LogP contribution is 2.33. The van der Waals surface area contributed by atoms with Crippen LogP contribution in [0.25, 0.3) is 0 Å². The van der Waals surface area contributed by atoms with Gasteiger partial charge in [-0.1, -0.05) is 37.5 Å². The van der Waals surface area contributed by atoms with Crippen LogP contribution < -0.4 is 10.0 Å². The number of carbonyl (C=O) groups is 2. The van der Waals surface area contributed by atoms with Crippen molar-refractivity contribution in [3.8, 4) is 0 Å². The molecule has 0 bridgehead atoms. The Morgan fingerprint density at radius 3 is 2.29 bits per heavy atom. The van der Waals surface area contributed by atoms with E-state index in [1.807, 2.05) is 12.1 Å². The molecule has 2 aliphatic rings. The third-order valence-corrected chi connectivity index (χ3v) is 8.29. The van der Waals surface area contributed by atoms with Gasteiger partial charge in [0.1, 0.15) is 6.04 Å². The van der Waals surface area contributed by atoms with E-state index in [0.717, 1.165) is 19.3 Å². The van der Waals surface area contributed by atoms with Crippen LogP contribution in [0.4, 0.5) is 5.69 Å². The standard InChI is InChI=1S/C27H33N3O4S/c1-2-18-28-26(31)25-9-6-19-30(25)27(32)22-10-14-23(15-11-22)29-35(33,34)24-16-12-21(13-17-24)20-7-4-3-5-8-20/h2,10-17,20,25,29H,1,3-9,18-19H2,(H,28,31). The first-order valence-corrected chi connectivity index (χ1v) is 13.8. The van der Waals surface area contributed by atoms with Crippen LogP contribution in [0.15, 0.2) is 66.1 Å². The maximum Gasteiger partial charge on any atom is 0.261 e. The molecule has 2 aromatic carbocycles. The van der Waals surface area contributed by atoms with E-state index in [-0.39, 0.29) is 16.7 Å². The lowest BCUT2D eigenvalue weighted by molar-refractivity contribution is -0.124. The number of anilines is 1. The van der Waals surface area contributed by atoms with E-state index < -0.39 is 16.1 Å². The third kappa shape index (κ3) is 5.93. The van der Waals surface area contributed by atoms with Gasteiger partial charge in [-0.3, -0.25) is 14.3 Å². The van der Waals surface area contributed by atoms with Gasteiger partial charge >= 0.3 is 0 Å². The zero-order valence-corrected chi connectivity index (χ0v) is 20.7. The number of sulfonamides is 1. The van der Waals surface area contributed by atoms with Gasteiger partial charge in [0.2, 0.25) is 5.91 Å². The number of carbonyl (C=O) groups excluding carboxylic acids is 2. The summed E-state index contributed by atoms with van der Waals surface area (Å²) in [6.45, 7) is 4.46. The van der Waals surface area contributed by atoms with Gasteiger partial charge < -0.3 is 10.2 Å². The van der Waals surface area contributed by atoms with Crippen molar-refractivity contribution in [2.45, 2.75) is 61.8 Å². The van der Waals surface area contributed by atoms with Crippen LogP contribution in [0.5, 0.6) is 0 Å². The van der Waals surface area contributed by atoms with Gasteiger partial charge in [-0.25, -0.2) is 8.42 Å². The summed E-state index contributed by atoms with van der Waals surface area (Å²) >= 11 is 0. The fourth-order valence-electron chi connectivity index (χ4n) is 4.99. The molecule has 8 heteroatoms. The molecule has 2 aromatic rings. The van der Waals surface area contributed by atoms with Crippen LogP contribution >= 0.6 is 0 Å². The Kier molecular flexibility index (Phi) is 7.90. The number of hydrogen-bond donors (Lipinski definition) is 2. The Hall–Kier alpha value is -3.13. The molecule has 2 N–H and O–H groups in total. The Morgan fingerprint density at radius 2 is 1.63 bits per heavy atom. The molecule has 0 aromatic heterocycles. The molecule has 7 nitrogen and oxygen atoms in total. The molecular formula is C27H33N3O4S. The van der Waals surface area contributed by atoms with Crippen molar-refractivity contribution < 1.29 is 18.0 Å². The molecule has 0 radical (unpaired) electrons. The first-order valence-electron chi connectivity index (χ1n) is 12.3. The molecule has 1 unspecified atom stereocenters. The second kappa shape index (κ2) is 11.1. The summed E-state index contributed by atoms with van der Waals surface area (Å²) in [6.07, 6.45) is 9.03. The summed E-state index contributed by atoms with van der Waals surface area (Å²) in [4.78, 5) is 27.2. The lowest BCUT2D eigenvalue weighted by Gasteiger charge is -2.24. The molecule has 0 spiro atoms. The molecule has 35 heavy (non-hydrogen) atoms. The van der Waals surface area contributed by atoms with Gasteiger partial charge in [0.15, 0.2) is 0 Å². The lowest BCUT2D eigenvalue weighted by Crippen LogP contribution is -2.46. The first-order chi connectivity index (χ1) is 16.9. The molecule has 2 amide bonds. The van der Waals surface area contributed by atoms with E-state index in [4.69, 9.17) is 0 Å². The summed E-state index contributed by atoms with van der Waals surface area (Å²) in [6, 6.07) is 13.0. The van der Waals surface area contributed by atoms with Crippen molar-refractivity contribution in [3.05, 3.63) is 72.3 Å². The Balaban J connectivity index is 1.40. The van der Waals surface area contributed by atoms with Crippen LogP contribution in [-0.2, 0) is 14.8 Å². The van der Waals surface area contributed by atoms with Crippen LogP contribution in [0.3, 0.4) is 0 Å². The molecule has 4 rings (SSSR count). The number of benzene rings is 2. The quantitative estimate of drug-likeness (QED) is 0.529. The summed E-state index contributed by atoms with van der Waals surface area (Å²) in [7, 11) is -3.74. The fraction of sp³-hybridized carbons (Fsp3) is 0.407. The Bertz CT molecular complexity index is 1150. The summed E-state index contributed by atoms with van der Waals surface area (Å²) in [5.74, 6) is 0.0883. The summed E-state index contributed by atoms with van der Waals surface area (Å²) in [5, 5.41) is 2.76. The first kappa shape index (κ1) is 25.0. The van der Waals surface area contributed by atoms with Crippen LogP contribution in [-0.4, -0.2) is 44.3 Å². The topological polar surface area (TPSA) is 95.6 Å². The van der Waals surface area contributed by atoms with Crippen molar-refractivity contribution in [2.75, 3.05) is 17.8 Å². The Morgan fingerprint density at radius 1 is 0.943 bits per heavy atom. The van der Waals surface area contributed by atoms with E-state index in [1.165, 1.54) is 24.8 Å². The molecule has 1 atom stereocenters. The number of likely N-dealkylation sites (tertiary alicyclic amines) is 1. The number of nitrogens with zero attached hydrogens (tertiary/aromatic N) is 1. The number of amides is 2. The second-order valence-corrected chi connectivity index (χ2v) is 11.0. The fourth-order valence-corrected chi connectivity index (χ4v) is 6.05. The monoisotopic (exact) mass is 495 g/mol. The van der Waals surface area contributed by atoms with Crippen LogP contribution in [0.1, 0.15) is 66.8 Å². The number of rotatable bonds is 8. The van der Waals surface area contributed by atoms with Crippen LogP contribution in [0, 0.1) is 0 Å². The van der Waals surface area contributed by atoms with Gasteiger partial charge in [0.25, 0.3) is 15.9 Å². The zero-order valence-electron chi connectivity index (χ0n) is 19.9. The molecule has 2 fully saturated rings. The van der Waals surface area contributed by atoms with Gasteiger partial charge in [-0.15, -0.1) is 6.58 Å². The van der Waals surface area contributed by atoms with Crippen molar-refractivity contribution >= 4 is 27.5 Å². The molecule has 1 heterocycles. The molecular weight excluding hydrogens is 462 g/mol. The molecule has 1 aliphatic carbocycles. The van der Waals surface area contributed by atoms with Gasteiger partial charge in [-0.2, -0.15) is 0 Å². The van der Waals surface area contributed by atoms with E-state index >= 15 is 0 Å². The largest absolute Gasteiger partial charge is 0.351 e. The van der Waals surface area contributed by atoms with Crippen LogP contribution in [0.2, 0.25) is 0 Å². The van der Waals surface area contributed by atoms with Crippen molar-refractivity contribution in [2.24, 2.45) is 0 Å². The predicted octanol–water partition coefficient (Wildman–Crippen LogP) is 4.44. The minimum atomic E-state index is -3.74. The number of nitrogens with one attached hydrogen (secondary N) is 2. The van der Waals surface area contributed by atoms with E-state index in [0.29, 0.717) is 36.7 Å². The second-order valence-electron chi connectivity index (χ2n) is 9.28. The third-order valence-electron chi connectivity index (χ3n) is 6.89. The van der Waals surface area contributed by atoms with Crippen molar-refractivity contribution in [1.29, 1.82) is 0 Å². The average molecular weight is 496 g/mol. The summed E-state index contributed by atoms with van der Waals surface area (Å²) in [5.41, 5.74) is 1.98. The minimum Gasteiger partial charge on any atom is -0.351 e. The lowest BCUT2D eigenvalue weighted by atomic mass is 9.84. The highest BCUT2D eigenvalue weighted by molar-refractivity contribution is 7.92. The zero-order chi connectivity index (χ0) is 24.8. The highest BCUT2D eigenvalue weighted by atomic mass is 32.2.